The number of amides is 1. The van der Waals surface area contributed by atoms with Crippen LogP contribution < -0.4 is 5.32 Å². The SMILES string of the molecule is CC1(C(=O)N(CCC#N)C2CC2)CCNCC1. The lowest BCUT2D eigenvalue weighted by Gasteiger charge is -2.37. The molecule has 4 nitrogen and oxygen atoms in total. The van der Waals surface area contributed by atoms with Gasteiger partial charge in [0.05, 0.1) is 12.5 Å². The Balaban J connectivity index is 2.01. The van der Waals surface area contributed by atoms with Crippen LogP contribution in [-0.2, 0) is 4.79 Å². The van der Waals surface area contributed by atoms with E-state index in [0.717, 1.165) is 38.8 Å². The fraction of sp³-hybridized carbons (Fsp3) is 0.846. The van der Waals surface area contributed by atoms with E-state index in [9.17, 15) is 4.79 Å². The molecular weight excluding hydrogens is 214 g/mol. The van der Waals surface area contributed by atoms with Crippen LogP contribution in [0, 0.1) is 16.7 Å². The minimum atomic E-state index is -0.205. The van der Waals surface area contributed by atoms with E-state index in [-0.39, 0.29) is 11.3 Å². The number of rotatable bonds is 4. The van der Waals surface area contributed by atoms with Crippen molar-refractivity contribution >= 4 is 5.91 Å². The van der Waals surface area contributed by atoms with Gasteiger partial charge in [0.25, 0.3) is 0 Å². The molecule has 4 heteroatoms. The first-order chi connectivity index (χ1) is 8.17. The minimum Gasteiger partial charge on any atom is -0.338 e. The Morgan fingerprint density at radius 3 is 2.65 bits per heavy atom. The second kappa shape index (κ2) is 5.05. The van der Waals surface area contributed by atoms with Gasteiger partial charge in [0, 0.05) is 18.0 Å². The summed E-state index contributed by atoms with van der Waals surface area (Å²) in [5.41, 5.74) is -0.205. The number of nitrogens with zero attached hydrogens (tertiary/aromatic N) is 2. The first-order valence-electron chi connectivity index (χ1n) is 6.56. The normalized spacial score (nSPS) is 22.8. The average molecular weight is 235 g/mol. The van der Waals surface area contributed by atoms with Crippen LogP contribution >= 0.6 is 0 Å². The molecule has 2 fully saturated rings. The zero-order valence-electron chi connectivity index (χ0n) is 10.5. The molecule has 0 radical (unpaired) electrons. The van der Waals surface area contributed by atoms with Crippen molar-refractivity contribution in [1.82, 2.24) is 10.2 Å². The molecule has 1 N–H and O–H groups in total. The Labute approximate surface area is 103 Å². The van der Waals surface area contributed by atoms with Crippen LogP contribution in [0.5, 0.6) is 0 Å². The van der Waals surface area contributed by atoms with Crippen molar-refractivity contribution in [3.8, 4) is 6.07 Å². The molecule has 1 aliphatic carbocycles. The predicted octanol–water partition coefficient (Wildman–Crippen LogP) is 1.28. The summed E-state index contributed by atoms with van der Waals surface area (Å²) in [6.45, 7) is 4.55. The van der Waals surface area contributed by atoms with Crippen molar-refractivity contribution in [2.45, 2.75) is 45.1 Å². The first kappa shape index (κ1) is 12.4. The summed E-state index contributed by atoms with van der Waals surface area (Å²) >= 11 is 0. The monoisotopic (exact) mass is 235 g/mol. The summed E-state index contributed by atoms with van der Waals surface area (Å²) in [6, 6.07) is 2.56. The van der Waals surface area contributed by atoms with E-state index >= 15 is 0 Å². The van der Waals surface area contributed by atoms with Crippen molar-refractivity contribution in [3.05, 3.63) is 0 Å². The highest BCUT2D eigenvalue weighted by molar-refractivity contribution is 5.83. The second-order valence-electron chi connectivity index (χ2n) is 5.45. The lowest BCUT2D eigenvalue weighted by molar-refractivity contribution is -0.143. The van der Waals surface area contributed by atoms with Crippen LogP contribution in [0.1, 0.15) is 39.0 Å². The van der Waals surface area contributed by atoms with Crippen LogP contribution in [0.25, 0.3) is 0 Å². The van der Waals surface area contributed by atoms with Gasteiger partial charge in [-0.05, 0) is 38.8 Å². The highest BCUT2D eigenvalue weighted by Gasteiger charge is 2.42. The van der Waals surface area contributed by atoms with Gasteiger partial charge in [-0.15, -0.1) is 0 Å². The Bertz CT molecular complexity index is 324. The molecule has 0 bridgehead atoms. The van der Waals surface area contributed by atoms with Gasteiger partial charge in [-0.2, -0.15) is 5.26 Å². The molecule has 0 atom stereocenters. The van der Waals surface area contributed by atoms with Gasteiger partial charge in [0.1, 0.15) is 0 Å². The van der Waals surface area contributed by atoms with Gasteiger partial charge in [0.15, 0.2) is 0 Å². The maximum absolute atomic E-state index is 12.6. The quantitative estimate of drug-likeness (QED) is 0.798. The molecule has 1 heterocycles. The standard InChI is InChI=1S/C13H21N3O/c1-13(5-8-15-9-6-13)12(17)16(10-2-7-14)11-3-4-11/h11,15H,2-6,8-10H2,1H3. The molecule has 1 amide bonds. The van der Waals surface area contributed by atoms with Gasteiger partial charge in [-0.25, -0.2) is 0 Å². The second-order valence-corrected chi connectivity index (χ2v) is 5.45. The van der Waals surface area contributed by atoms with Crippen LogP contribution in [0.15, 0.2) is 0 Å². The van der Waals surface area contributed by atoms with E-state index < -0.39 is 0 Å². The summed E-state index contributed by atoms with van der Waals surface area (Å²) < 4.78 is 0. The number of nitrogens with one attached hydrogen (secondary N) is 1. The average Bonchev–Trinajstić information content (AvgIpc) is 3.15. The Morgan fingerprint density at radius 1 is 1.47 bits per heavy atom. The Hall–Kier alpha value is -1.08. The Morgan fingerprint density at radius 2 is 2.12 bits per heavy atom. The van der Waals surface area contributed by atoms with Crippen LogP contribution in [0.3, 0.4) is 0 Å². The molecule has 1 aliphatic heterocycles. The topological polar surface area (TPSA) is 56.1 Å². The lowest BCUT2D eigenvalue weighted by atomic mass is 9.79. The molecule has 2 aliphatic rings. The number of carbonyl (C=O) groups is 1. The molecule has 17 heavy (non-hydrogen) atoms. The van der Waals surface area contributed by atoms with Gasteiger partial charge in [-0.1, -0.05) is 6.92 Å². The van der Waals surface area contributed by atoms with Crippen molar-refractivity contribution in [2.75, 3.05) is 19.6 Å². The zero-order valence-corrected chi connectivity index (χ0v) is 10.5. The fourth-order valence-electron chi connectivity index (χ4n) is 2.55. The third kappa shape index (κ3) is 2.78. The van der Waals surface area contributed by atoms with Crippen LogP contribution in [-0.4, -0.2) is 36.5 Å². The van der Waals surface area contributed by atoms with Crippen molar-refractivity contribution in [3.63, 3.8) is 0 Å². The maximum Gasteiger partial charge on any atom is 0.228 e. The summed E-state index contributed by atoms with van der Waals surface area (Å²) in [7, 11) is 0. The molecule has 0 aromatic heterocycles. The highest BCUT2D eigenvalue weighted by Crippen LogP contribution is 2.35. The third-order valence-corrected chi connectivity index (χ3v) is 3.94. The van der Waals surface area contributed by atoms with Crippen molar-refractivity contribution in [1.29, 1.82) is 5.26 Å². The van der Waals surface area contributed by atoms with Crippen LogP contribution in [0.2, 0.25) is 0 Å². The van der Waals surface area contributed by atoms with E-state index in [2.05, 4.69) is 18.3 Å². The number of carbonyl (C=O) groups excluding carboxylic acids is 1. The van der Waals surface area contributed by atoms with Gasteiger partial charge in [-0.3, -0.25) is 4.79 Å². The fourth-order valence-corrected chi connectivity index (χ4v) is 2.55. The van der Waals surface area contributed by atoms with Crippen molar-refractivity contribution < 1.29 is 4.79 Å². The molecule has 0 aromatic rings. The molecule has 0 unspecified atom stereocenters. The number of hydrogen-bond donors (Lipinski definition) is 1. The Kier molecular flexibility index (Phi) is 3.68. The largest absolute Gasteiger partial charge is 0.338 e. The molecule has 0 spiro atoms. The summed E-state index contributed by atoms with van der Waals surface area (Å²) in [5, 5.41) is 12.0. The molecule has 1 saturated heterocycles. The molecule has 0 aromatic carbocycles. The maximum atomic E-state index is 12.6. The number of hydrogen-bond acceptors (Lipinski definition) is 3. The lowest BCUT2D eigenvalue weighted by Crippen LogP contribution is -2.48. The smallest absolute Gasteiger partial charge is 0.228 e. The highest BCUT2D eigenvalue weighted by atomic mass is 16.2. The molecule has 2 rings (SSSR count). The summed E-state index contributed by atoms with van der Waals surface area (Å²) in [4.78, 5) is 14.6. The molecular formula is C13H21N3O. The van der Waals surface area contributed by atoms with E-state index in [1.54, 1.807) is 0 Å². The van der Waals surface area contributed by atoms with Gasteiger partial charge >= 0.3 is 0 Å². The van der Waals surface area contributed by atoms with Crippen molar-refractivity contribution in [2.24, 2.45) is 5.41 Å². The summed E-state index contributed by atoms with van der Waals surface area (Å²) in [6.07, 6.45) is 4.52. The first-order valence-corrected chi connectivity index (χ1v) is 6.56. The van der Waals surface area contributed by atoms with E-state index in [1.807, 2.05) is 4.90 Å². The predicted molar refractivity (Wildman–Crippen MR) is 65.2 cm³/mol. The summed E-state index contributed by atoms with van der Waals surface area (Å²) in [5.74, 6) is 0.275. The van der Waals surface area contributed by atoms with Gasteiger partial charge < -0.3 is 10.2 Å². The van der Waals surface area contributed by atoms with E-state index in [4.69, 9.17) is 5.26 Å². The van der Waals surface area contributed by atoms with E-state index in [0.29, 0.717) is 19.0 Å². The van der Waals surface area contributed by atoms with E-state index in [1.165, 1.54) is 0 Å². The molecule has 1 saturated carbocycles. The molecule has 94 valence electrons. The zero-order chi connectivity index (χ0) is 12.3. The van der Waals surface area contributed by atoms with Crippen LogP contribution in [0.4, 0.5) is 0 Å². The minimum absolute atomic E-state index is 0.205. The third-order valence-electron chi connectivity index (χ3n) is 3.94. The number of nitriles is 1. The number of piperidine rings is 1. The van der Waals surface area contributed by atoms with Gasteiger partial charge in [0.2, 0.25) is 5.91 Å².